The zero-order chi connectivity index (χ0) is 16.3. The summed E-state index contributed by atoms with van der Waals surface area (Å²) in [5, 5.41) is 22.5. The van der Waals surface area contributed by atoms with Crippen molar-refractivity contribution in [1.29, 1.82) is 0 Å². The van der Waals surface area contributed by atoms with Gasteiger partial charge in [0.1, 0.15) is 6.04 Å². The number of H-pyrrole nitrogens is 1. The number of hydrogen-bond acceptors (Lipinski definition) is 4. The van der Waals surface area contributed by atoms with Crippen molar-refractivity contribution in [3.8, 4) is 0 Å². The minimum absolute atomic E-state index is 0.0464. The topological polar surface area (TPSA) is 111 Å². The lowest BCUT2D eigenvalue weighted by Crippen LogP contribution is -2.34. The van der Waals surface area contributed by atoms with Crippen LogP contribution in [-0.2, 0) is 11.2 Å². The maximum absolute atomic E-state index is 11.4. The summed E-state index contributed by atoms with van der Waals surface area (Å²) in [5.74, 6) is -0.925. The Morgan fingerprint density at radius 3 is 2.73 bits per heavy atom. The first-order valence-electron chi connectivity index (χ1n) is 7.38. The predicted molar refractivity (Wildman–Crippen MR) is 86.9 cm³/mol. The Morgan fingerprint density at radius 2 is 2.14 bits per heavy atom. The number of carboxylic acids is 1. The van der Waals surface area contributed by atoms with Gasteiger partial charge in [0, 0.05) is 28.8 Å². The third-order valence-electron chi connectivity index (χ3n) is 3.75. The average Bonchev–Trinajstić information content (AvgIpc) is 2.87. The molecule has 0 unspecified atom stereocenters. The van der Waals surface area contributed by atoms with Gasteiger partial charge in [-0.3, -0.25) is 0 Å². The first-order chi connectivity index (χ1) is 10.4. The molecular formula is C16H23N3O3. The van der Waals surface area contributed by atoms with E-state index in [1.807, 2.05) is 38.2 Å². The van der Waals surface area contributed by atoms with Crippen LogP contribution in [0, 0.1) is 5.92 Å². The molecule has 1 aromatic heterocycles. The molecule has 0 radical (unpaired) electrons. The Balaban J connectivity index is 2.40. The summed E-state index contributed by atoms with van der Waals surface area (Å²) in [6.07, 6.45) is 2.38. The predicted octanol–water partition coefficient (Wildman–Crippen LogP) is 1.55. The van der Waals surface area contributed by atoms with Gasteiger partial charge >= 0.3 is 5.97 Å². The van der Waals surface area contributed by atoms with Crippen LogP contribution in [0.4, 0.5) is 5.69 Å². The molecule has 6 N–H and O–H groups in total. The summed E-state index contributed by atoms with van der Waals surface area (Å²) in [6, 6.07) is 4.66. The number of benzene rings is 1. The Bertz CT molecular complexity index is 651. The number of carboxylic acid groups (broad SMARTS) is 1. The van der Waals surface area contributed by atoms with Crippen molar-refractivity contribution in [1.82, 2.24) is 4.98 Å². The molecule has 1 aromatic carbocycles. The highest BCUT2D eigenvalue weighted by Crippen LogP contribution is 2.29. The van der Waals surface area contributed by atoms with E-state index >= 15 is 0 Å². The minimum atomic E-state index is -0.879. The van der Waals surface area contributed by atoms with Crippen molar-refractivity contribution < 1.29 is 15.0 Å². The van der Waals surface area contributed by atoms with Crippen molar-refractivity contribution in [2.45, 2.75) is 32.4 Å². The van der Waals surface area contributed by atoms with Gasteiger partial charge in [0.25, 0.3) is 0 Å². The number of aromatic nitrogens is 1. The zero-order valence-electron chi connectivity index (χ0n) is 12.8. The molecule has 2 atom stereocenters. The lowest BCUT2D eigenvalue weighted by atomic mass is 10.0. The van der Waals surface area contributed by atoms with E-state index in [0.29, 0.717) is 6.42 Å². The lowest BCUT2D eigenvalue weighted by Gasteiger charge is -2.20. The molecule has 120 valence electrons. The molecule has 22 heavy (non-hydrogen) atoms. The normalized spacial score (nSPS) is 14.2. The second-order valence-corrected chi connectivity index (χ2v) is 5.89. The largest absolute Gasteiger partial charge is 0.480 e. The first kappa shape index (κ1) is 16.3. The molecule has 2 aromatic rings. The van der Waals surface area contributed by atoms with E-state index in [9.17, 15) is 9.90 Å². The molecule has 0 spiro atoms. The fraction of sp³-hybridized carbons (Fsp3) is 0.438. The van der Waals surface area contributed by atoms with Gasteiger partial charge in [-0.15, -0.1) is 0 Å². The number of aliphatic hydroxyl groups excluding tert-OH is 1. The number of anilines is 1. The summed E-state index contributed by atoms with van der Waals surface area (Å²) < 4.78 is 0. The molecule has 0 saturated carbocycles. The molecule has 0 saturated heterocycles. The fourth-order valence-corrected chi connectivity index (χ4v) is 2.56. The highest BCUT2D eigenvalue weighted by atomic mass is 16.4. The third kappa shape index (κ3) is 3.40. The van der Waals surface area contributed by atoms with Crippen LogP contribution in [0.5, 0.6) is 0 Å². The van der Waals surface area contributed by atoms with Gasteiger partial charge in [-0.1, -0.05) is 19.9 Å². The number of aliphatic hydroxyl groups is 1. The fourth-order valence-electron chi connectivity index (χ4n) is 2.56. The summed E-state index contributed by atoms with van der Waals surface area (Å²) in [6.45, 7) is 3.64. The van der Waals surface area contributed by atoms with Gasteiger partial charge in [0.15, 0.2) is 0 Å². The van der Waals surface area contributed by atoms with Crippen LogP contribution >= 0.6 is 0 Å². The number of carbonyl (C=O) groups is 1. The molecule has 0 amide bonds. The van der Waals surface area contributed by atoms with Gasteiger partial charge < -0.3 is 26.2 Å². The Morgan fingerprint density at radius 1 is 1.41 bits per heavy atom. The quantitative estimate of drug-likeness (QED) is 0.533. The Labute approximate surface area is 129 Å². The smallest absolute Gasteiger partial charge is 0.326 e. The van der Waals surface area contributed by atoms with Gasteiger partial charge in [-0.05, 0) is 30.0 Å². The SMILES string of the molecule is CC(C)[C@H](Nc1cccc2[nH]cc(C[C@H](N)CO)c12)C(=O)O. The molecule has 0 fully saturated rings. The van der Waals surface area contributed by atoms with Crippen molar-refractivity contribution in [3.63, 3.8) is 0 Å². The number of nitrogens with one attached hydrogen (secondary N) is 2. The second-order valence-electron chi connectivity index (χ2n) is 5.89. The molecule has 2 rings (SSSR count). The van der Waals surface area contributed by atoms with E-state index in [1.54, 1.807) is 0 Å². The highest BCUT2D eigenvalue weighted by Gasteiger charge is 2.22. The number of rotatable bonds is 7. The van der Waals surface area contributed by atoms with E-state index in [4.69, 9.17) is 10.8 Å². The van der Waals surface area contributed by atoms with E-state index < -0.39 is 12.0 Å². The van der Waals surface area contributed by atoms with Crippen molar-refractivity contribution in [2.75, 3.05) is 11.9 Å². The molecule has 0 aliphatic heterocycles. The standard InChI is InChI=1S/C16H23N3O3/c1-9(2)15(16(21)22)19-13-5-3-4-12-14(13)10(7-18-12)6-11(17)8-20/h3-5,7,9,11,15,18-20H,6,8,17H2,1-2H3,(H,21,22)/t11-,15-/m0/s1. The molecule has 0 bridgehead atoms. The van der Waals surface area contributed by atoms with Gasteiger partial charge in [0.2, 0.25) is 0 Å². The van der Waals surface area contributed by atoms with Crippen LogP contribution in [0.1, 0.15) is 19.4 Å². The maximum atomic E-state index is 11.4. The van der Waals surface area contributed by atoms with Crippen LogP contribution in [0.3, 0.4) is 0 Å². The molecule has 6 nitrogen and oxygen atoms in total. The van der Waals surface area contributed by atoms with Gasteiger partial charge in [-0.2, -0.15) is 0 Å². The average molecular weight is 305 g/mol. The number of fused-ring (bicyclic) bond motifs is 1. The summed E-state index contributed by atoms with van der Waals surface area (Å²) >= 11 is 0. The molecule has 0 aliphatic carbocycles. The number of nitrogens with two attached hydrogens (primary N) is 1. The van der Waals surface area contributed by atoms with E-state index in [0.717, 1.165) is 22.2 Å². The highest BCUT2D eigenvalue weighted by molar-refractivity contribution is 5.96. The van der Waals surface area contributed by atoms with Crippen molar-refractivity contribution >= 4 is 22.6 Å². The van der Waals surface area contributed by atoms with Gasteiger partial charge in [0.05, 0.1) is 6.61 Å². The van der Waals surface area contributed by atoms with Crippen LogP contribution in [0.2, 0.25) is 0 Å². The Hall–Kier alpha value is -2.05. The van der Waals surface area contributed by atoms with Crippen LogP contribution in [0.25, 0.3) is 10.9 Å². The molecule has 0 aliphatic rings. The summed E-state index contributed by atoms with van der Waals surface area (Å²) in [7, 11) is 0. The monoisotopic (exact) mass is 305 g/mol. The number of aromatic amines is 1. The lowest BCUT2D eigenvalue weighted by molar-refractivity contribution is -0.138. The molecule has 6 heteroatoms. The number of aliphatic carboxylic acids is 1. The van der Waals surface area contributed by atoms with Gasteiger partial charge in [-0.25, -0.2) is 4.79 Å². The summed E-state index contributed by atoms with van der Waals surface area (Å²) in [4.78, 5) is 14.6. The Kier molecular flexibility index (Phi) is 5.05. The van der Waals surface area contributed by atoms with E-state index in [1.165, 1.54) is 0 Å². The first-order valence-corrected chi connectivity index (χ1v) is 7.38. The maximum Gasteiger partial charge on any atom is 0.326 e. The minimum Gasteiger partial charge on any atom is -0.480 e. The van der Waals surface area contributed by atoms with E-state index in [-0.39, 0.29) is 18.6 Å². The van der Waals surface area contributed by atoms with Crippen molar-refractivity contribution in [3.05, 3.63) is 30.0 Å². The van der Waals surface area contributed by atoms with E-state index in [2.05, 4.69) is 10.3 Å². The summed E-state index contributed by atoms with van der Waals surface area (Å²) in [5.41, 5.74) is 8.47. The van der Waals surface area contributed by atoms with Crippen LogP contribution < -0.4 is 11.1 Å². The van der Waals surface area contributed by atoms with Crippen molar-refractivity contribution in [2.24, 2.45) is 11.7 Å². The van der Waals surface area contributed by atoms with Crippen LogP contribution in [0.15, 0.2) is 24.4 Å². The second kappa shape index (κ2) is 6.81. The third-order valence-corrected chi connectivity index (χ3v) is 3.75. The molecule has 1 heterocycles. The molecular weight excluding hydrogens is 282 g/mol. The van der Waals surface area contributed by atoms with Crippen LogP contribution in [-0.4, -0.2) is 39.9 Å². The zero-order valence-corrected chi connectivity index (χ0v) is 12.8. The number of hydrogen-bond donors (Lipinski definition) is 5.